The molecule has 0 saturated carbocycles. The number of rotatable bonds is 30. The number of alkyl halides is 1. The molecule has 6 aromatic rings. The molecule has 1 spiro atoms. The zero-order valence-electron chi connectivity index (χ0n) is 54.6. The lowest BCUT2D eigenvalue weighted by Crippen LogP contribution is -2.40. The zero-order chi connectivity index (χ0) is 71.7. The third-order valence-electron chi connectivity index (χ3n) is 15.3. The lowest BCUT2D eigenvalue weighted by Gasteiger charge is -2.34. The van der Waals surface area contributed by atoms with Gasteiger partial charge < -0.3 is 61.9 Å². The Morgan fingerprint density at radius 3 is 1.14 bits per heavy atom. The molecule has 28 heteroatoms. The van der Waals surface area contributed by atoms with Gasteiger partial charge in [0.1, 0.15) is 77.5 Å². The summed E-state index contributed by atoms with van der Waals surface area (Å²) >= 11 is 75.0. The summed E-state index contributed by atoms with van der Waals surface area (Å²) in [5.41, 5.74) is 0.630. The van der Waals surface area contributed by atoms with Crippen molar-refractivity contribution < 1.29 is 66.3 Å². The number of para-hydroxylation sites is 3. The van der Waals surface area contributed by atoms with E-state index in [9.17, 15) is 9.50 Å². The molecular formula is C71H73Cl12FO13S2. The Kier molecular flexibility index (Phi) is 30.9. The quantitative estimate of drug-likeness (QED) is 0.0429. The SMILES string of the molecule is CC1(C)Oc2c(OCCCCOc3c(Cl)cc(OCC=C(Cl)Cl)cc3Cl)cccc2C12SCCS2.CC1(C)Oc2c(OCCCCOc3c(Cl)cc(OCC=C(Cl)Cl)cc3Cl)cccc2C1F.CC1(C)Oc2c(OCCCCOc3c(Cl)cc(OCC=C(Cl)Cl)cc3Cl)cccc2C1O. The number of thioether (sulfide) groups is 2. The minimum absolute atomic E-state index is 0.0669. The summed E-state index contributed by atoms with van der Waals surface area (Å²) in [6.45, 7) is 14.8. The van der Waals surface area contributed by atoms with Crippen molar-refractivity contribution >= 4 is 163 Å². The fraction of sp³-hybridized carbons (Fsp3) is 0.408. The highest BCUT2D eigenvalue weighted by Crippen LogP contribution is 2.66. The van der Waals surface area contributed by atoms with E-state index < -0.39 is 23.5 Å². The molecule has 99 heavy (non-hydrogen) atoms. The normalized spacial score (nSPS) is 16.5. The van der Waals surface area contributed by atoms with Crippen LogP contribution in [0.1, 0.15) is 109 Å². The summed E-state index contributed by atoms with van der Waals surface area (Å²) in [4.78, 5) is 0. The van der Waals surface area contributed by atoms with Crippen molar-refractivity contribution in [1.29, 1.82) is 0 Å². The van der Waals surface area contributed by atoms with E-state index in [0.29, 0.717) is 146 Å². The summed E-state index contributed by atoms with van der Waals surface area (Å²) in [5, 5.41) is 12.5. The maximum Gasteiger partial charge on any atom is 0.168 e. The maximum atomic E-state index is 14.5. The van der Waals surface area contributed by atoms with E-state index in [0.717, 1.165) is 54.3 Å². The predicted molar refractivity (Wildman–Crippen MR) is 405 cm³/mol. The van der Waals surface area contributed by atoms with Gasteiger partial charge in [0.05, 0.1) is 69.8 Å². The van der Waals surface area contributed by atoms with Crippen LogP contribution in [0.2, 0.25) is 30.1 Å². The van der Waals surface area contributed by atoms with Crippen LogP contribution in [0.5, 0.6) is 69.0 Å². The summed E-state index contributed by atoms with van der Waals surface area (Å²) in [5.74, 6) is 8.87. The Hall–Kier alpha value is -3.79. The Morgan fingerprint density at radius 1 is 0.444 bits per heavy atom. The van der Waals surface area contributed by atoms with E-state index in [1.54, 1.807) is 68.4 Å². The first-order chi connectivity index (χ1) is 47.1. The van der Waals surface area contributed by atoms with Gasteiger partial charge in [0.25, 0.3) is 0 Å². The molecular weight excluding hydrogens is 1570 g/mol. The summed E-state index contributed by atoms with van der Waals surface area (Å²) in [6.07, 6.45) is 7.16. The summed E-state index contributed by atoms with van der Waals surface area (Å²) in [6, 6.07) is 26.8. The van der Waals surface area contributed by atoms with E-state index in [4.69, 9.17) is 196 Å². The Morgan fingerprint density at radius 2 is 0.768 bits per heavy atom. The average Bonchev–Trinajstić information content (AvgIpc) is 1.56. The summed E-state index contributed by atoms with van der Waals surface area (Å²) < 4.78 is 84.4. The summed E-state index contributed by atoms with van der Waals surface area (Å²) in [7, 11) is 0. The molecule has 1 N–H and O–H groups in total. The highest BCUT2D eigenvalue weighted by atomic mass is 35.5. The molecule has 4 heterocycles. The first-order valence-electron chi connectivity index (χ1n) is 31.3. The molecule has 13 nitrogen and oxygen atoms in total. The van der Waals surface area contributed by atoms with Crippen molar-refractivity contribution in [3.63, 3.8) is 0 Å². The van der Waals surface area contributed by atoms with Crippen LogP contribution in [0.25, 0.3) is 0 Å². The molecule has 0 bridgehead atoms. The molecule has 2 unspecified atom stereocenters. The van der Waals surface area contributed by atoms with Gasteiger partial charge >= 0.3 is 0 Å². The highest BCUT2D eigenvalue weighted by molar-refractivity contribution is 8.20. The monoisotopic (exact) mass is 1640 g/mol. The highest BCUT2D eigenvalue weighted by Gasteiger charge is 2.58. The number of fused-ring (bicyclic) bond motifs is 4. The fourth-order valence-electron chi connectivity index (χ4n) is 10.4. The molecule has 538 valence electrons. The first kappa shape index (κ1) is 80.9. The van der Waals surface area contributed by atoms with E-state index in [1.165, 1.54) is 23.8 Å². The second-order valence-electron chi connectivity index (χ2n) is 23.9. The number of hydrogen-bond donors (Lipinski definition) is 1. The molecule has 0 aliphatic carbocycles. The maximum absolute atomic E-state index is 14.5. The topological polar surface area (TPSA) is 131 Å². The van der Waals surface area contributed by atoms with Gasteiger partial charge in [-0.25, -0.2) is 4.39 Å². The molecule has 6 aromatic carbocycles. The molecule has 4 aliphatic rings. The van der Waals surface area contributed by atoms with Gasteiger partial charge in [-0.1, -0.05) is 176 Å². The van der Waals surface area contributed by atoms with Crippen molar-refractivity contribution in [2.75, 3.05) is 71.0 Å². The van der Waals surface area contributed by atoms with Gasteiger partial charge in [-0.05, 0) is 116 Å². The number of halogens is 13. The molecule has 0 aromatic heterocycles. The first-order valence-corrected chi connectivity index (χ1v) is 37.8. The second-order valence-corrected chi connectivity index (χ2v) is 32.2. The fourth-order valence-corrected chi connectivity index (χ4v) is 16.0. The largest absolute Gasteiger partial charge is 0.490 e. The Labute approximate surface area is 646 Å². The lowest BCUT2D eigenvalue weighted by atomic mass is 9.98. The van der Waals surface area contributed by atoms with Crippen LogP contribution in [0, 0.1) is 0 Å². The van der Waals surface area contributed by atoms with E-state index in [1.807, 2.05) is 61.6 Å². The standard InChI is InChI=1S/C25H26Cl4O4S2.C23H23Cl4FO4.C23H24Cl4O5/c1-24(2)25(34-12-13-35-25)17-6-5-7-20(22(17)33-24)31-9-3-4-10-32-23-18(26)14-16(15-19(23)27)30-11-8-21(28)29;2*1-23(2)22(28)15-6-5-7-18(20(15)32-23)30-9-3-4-10-31-21-16(24)12-14(13-17(21)25)29-11-8-19(26)27/h5-8,14-15H,3-4,9-13H2,1-2H3;5-8,12-13,22H,3-4,9-11H2,1-2H3;5-8,12-13,22,28H,3-4,9-11H2,1-2H3. The van der Waals surface area contributed by atoms with E-state index in [-0.39, 0.29) is 43.0 Å². The molecule has 10 rings (SSSR count). The molecule has 2 atom stereocenters. The van der Waals surface area contributed by atoms with Crippen LogP contribution in [-0.4, -0.2) is 92.9 Å². The van der Waals surface area contributed by atoms with Gasteiger partial charge in [0, 0.05) is 64.6 Å². The zero-order valence-corrected chi connectivity index (χ0v) is 65.3. The third-order valence-corrected chi connectivity index (χ3v) is 21.9. The molecule has 1 saturated heterocycles. The van der Waals surface area contributed by atoms with Crippen molar-refractivity contribution in [1.82, 2.24) is 0 Å². The van der Waals surface area contributed by atoms with Gasteiger partial charge in [-0.3, -0.25) is 0 Å². The van der Waals surface area contributed by atoms with Crippen LogP contribution < -0.4 is 56.8 Å². The van der Waals surface area contributed by atoms with Crippen molar-refractivity contribution in [3.05, 3.63) is 170 Å². The van der Waals surface area contributed by atoms with Crippen LogP contribution in [0.3, 0.4) is 0 Å². The van der Waals surface area contributed by atoms with Crippen molar-refractivity contribution in [2.24, 2.45) is 0 Å². The predicted octanol–water partition coefficient (Wildman–Crippen LogP) is 24.0. The van der Waals surface area contributed by atoms with Crippen LogP contribution in [0.4, 0.5) is 4.39 Å². The number of ether oxygens (including phenoxy) is 12. The van der Waals surface area contributed by atoms with Crippen LogP contribution in [-0.2, 0) is 4.08 Å². The number of benzene rings is 6. The van der Waals surface area contributed by atoms with Crippen molar-refractivity contribution in [3.8, 4) is 69.0 Å². The smallest absolute Gasteiger partial charge is 0.168 e. The molecule has 0 amide bonds. The molecule has 1 fully saturated rings. The molecule has 0 radical (unpaired) electrons. The number of aliphatic hydroxyl groups excluding tert-OH is 1. The van der Waals surface area contributed by atoms with Crippen LogP contribution >= 0.6 is 163 Å². The number of aliphatic hydroxyl groups is 1. The molecule has 4 aliphatic heterocycles. The minimum atomic E-state index is -1.18. The van der Waals surface area contributed by atoms with E-state index in [2.05, 4.69) is 26.0 Å². The Bertz CT molecular complexity index is 3580. The van der Waals surface area contributed by atoms with E-state index >= 15 is 0 Å². The van der Waals surface area contributed by atoms with Crippen LogP contribution in [0.15, 0.2) is 123 Å². The average molecular weight is 1640 g/mol. The van der Waals surface area contributed by atoms with Gasteiger partial charge in [-0.15, -0.1) is 23.5 Å². The van der Waals surface area contributed by atoms with Gasteiger partial charge in [-0.2, -0.15) is 0 Å². The van der Waals surface area contributed by atoms with Gasteiger partial charge in [0.15, 0.2) is 57.9 Å². The van der Waals surface area contributed by atoms with Crippen molar-refractivity contribution in [2.45, 2.75) is 113 Å². The third kappa shape index (κ3) is 22.1. The lowest BCUT2D eigenvalue weighted by molar-refractivity contribution is -0.000488. The number of unbranched alkanes of at least 4 members (excludes halogenated alkanes) is 3. The Balaban J connectivity index is 0.000000189. The number of hydrogen-bond acceptors (Lipinski definition) is 15. The second kappa shape index (κ2) is 37.8. The minimum Gasteiger partial charge on any atom is -0.490 e. The van der Waals surface area contributed by atoms with Gasteiger partial charge in [0.2, 0.25) is 0 Å².